The molecule has 0 aliphatic heterocycles. The lowest BCUT2D eigenvalue weighted by Gasteiger charge is -2.12. The molecule has 1 heterocycles. The Bertz CT molecular complexity index is 313. The average Bonchev–Trinajstić information content (AvgIpc) is 2.83. The van der Waals surface area contributed by atoms with E-state index in [4.69, 9.17) is 0 Å². The summed E-state index contributed by atoms with van der Waals surface area (Å²) in [6, 6.07) is 2.23. The van der Waals surface area contributed by atoms with Gasteiger partial charge in [-0.15, -0.1) is 11.3 Å². The highest BCUT2D eigenvalue weighted by Gasteiger charge is 2.10. The van der Waals surface area contributed by atoms with Crippen molar-refractivity contribution < 1.29 is 0 Å². The van der Waals surface area contributed by atoms with E-state index in [1.807, 2.05) is 11.3 Å². The quantitative estimate of drug-likeness (QED) is 0.379. The van der Waals surface area contributed by atoms with Crippen LogP contribution in [0.25, 0.3) is 0 Å². The number of thiophene rings is 1. The smallest absolute Gasteiger partial charge is 0.00743 e. The lowest BCUT2D eigenvalue weighted by molar-refractivity contribution is 0.409. The third-order valence-corrected chi connectivity index (χ3v) is 5.84. The zero-order valence-corrected chi connectivity index (χ0v) is 15.4. The minimum Gasteiger partial charge on any atom is -0.149 e. The molecule has 0 spiro atoms. The van der Waals surface area contributed by atoms with E-state index in [1.54, 1.807) is 4.88 Å². The van der Waals surface area contributed by atoms with Crippen molar-refractivity contribution in [3.05, 3.63) is 21.9 Å². The summed E-state index contributed by atoms with van der Waals surface area (Å²) in [5.74, 6) is 1.10. The molecule has 1 aliphatic rings. The van der Waals surface area contributed by atoms with Crippen molar-refractivity contribution in [1.82, 2.24) is 0 Å². The summed E-state index contributed by atoms with van der Waals surface area (Å²) in [6.45, 7) is 6.72. The number of unbranched alkanes of at least 4 members (excludes halogenated alkanes) is 2. The Morgan fingerprint density at radius 2 is 1.67 bits per heavy atom. The van der Waals surface area contributed by atoms with Gasteiger partial charge in [0, 0.05) is 4.88 Å². The Morgan fingerprint density at radius 3 is 2.19 bits per heavy atom. The first kappa shape index (κ1) is 18.7. The summed E-state index contributed by atoms with van der Waals surface area (Å²) in [6.07, 6.45) is 17.3. The van der Waals surface area contributed by atoms with Crippen LogP contribution in [0.2, 0.25) is 0 Å². The maximum absolute atomic E-state index is 2.30. The summed E-state index contributed by atoms with van der Waals surface area (Å²) in [5.41, 5.74) is 1.53. The van der Waals surface area contributed by atoms with E-state index in [0.29, 0.717) is 0 Å². The molecule has 1 aromatic heterocycles. The summed E-state index contributed by atoms with van der Waals surface area (Å²) < 4.78 is 0. The first-order valence-electron chi connectivity index (χ1n) is 9.37. The fourth-order valence-corrected chi connectivity index (χ4v) is 4.25. The topological polar surface area (TPSA) is 0 Å². The molecule has 0 radical (unpaired) electrons. The van der Waals surface area contributed by atoms with E-state index in [0.717, 1.165) is 5.92 Å². The fraction of sp³-hybridized carbons (Fsp3) is 0.800. The van der Waals surface area contributed by atoms with Crippen LogP contribution in [0.15, 0.2) is 11.4 Å². The molecule has 2 rings (SSSR count). The van der Waals surface area contributed by atoms with E-state index in [-0.39, 0.29) is 0 Å². The van der Waals surface area contributed by atoms with Gasteiger partial charge in [-0.05, 0) is 35.8 Å². The second-order valence-corrected chi connectivity index (χ2v) is 7.43. The van der Waals surface area contributed by atoms with Gasteiger partial charge < -0.3 is 0 Å². The zero-order valence-electron chi connectivity index (χ0n) is 14.6. The summed E-state index contributed by atoms with van der Waals surface area (Å²) in [5, 5.41) is 2.18. The first-order chi connectivity index (χ1) is 10.3. The highest BCUT2D eigenvalue weighted by Crippen LogP contribution is 2.26. The molecular formula is C20H36S. The van der Waals surface area contributed by atoms with Gasteiger partial charge in [0.15, 0.2) is 0 Å². The Kier molecular flexibility index (Phi) is 10.9. The van der Waals surface area contributed by atoms with Gasteiger partial charge in [0.05, 0.1) is 0 Å². The lowest BCUT2D eigenvalue weighted by atomic mass is 9.94. The van der Waals surface area contributed by atoms with E-state index >= 15 is 0 Å². The third-order valence-electron chi connectivity index (χ3n) is 4.73. The number of rotatable bonds is 6. The SMILES string of the molecule is CCCCCC1CCCCCC1.CCc1ccsc1CC. The molecule has 0 nitrogen and oxygen atoms in total. The van der Waals surface area contributed by atoms with Gasteiger partial charge in [0.25, 0.3) is 0 Å². The molecular weight excluding hydrogens is 272 g/mol. The van der Waals surface area contributed by atoms with Crippen LogP contribution >= 0.6 is 11.3 Å². The molecule has 1 saturated carbocycles. The Balaban J connectivity index is 0.000000219. The van der Waals surface area contributed by atoms with E-state index < -0.39 is 0 Å². The standard InChI is InChI=1S/C12H24.C8H12S/c1-2-3-6-9-12-10-7-4-5-8-11-12;1-3-7-5-6-9-8(7)4-2/h12H,2-11H2,1H3;5-6H,3-4H2,1-2H3. The minimum absolute atomic E-state index is 1.10. The van der Waals surface area contributed by atoms with Crippen molar-refractivity contribution in [1.29, 1.82) is 0 Å². The Labute approximate surface area is 137 Å². The molecule has 21 heavy (non-hydrogen) atoms. The molecule has 1 aliphatic carbocycles. The van der Waals surface area contributed by atoms with Crippen LogP contribution in [-0.2, 0) is 12.8 Å². The normalized spacial score (nSPS) is 16.1. The summed E-state index contributed by atoms with van der Waals surface area (Å²) >= 11 is 1.87. The highest BCUT2D eigenvalue weighted by molar-refractivity contribution is 7.10. The van der Waals surface area contributed by atoms with Gasteiger partial charge >= 0.3 is 0 Å². The number of hydrogen-bond acceptors (Lipinski definition) is 1. The van der Waals surface area contributed by atoms with E-state index in [1.165, 1.54) is 82.6 Å². The Hall–Kier alpha value is -0.300. The molecule has 122 valence electrons. The molecule has 0 atom stereocenters. The largest absolute Gasteiger partial charge is 0.149 e. The predicted molar refractivity (Wildman–Crippen MR) is 98.4 cm³/mol. The molecule has 0 amide bonds. The summed E-state index contributed by atoms with van der Waals surface area (Å²) in [7, 11) is 0. The number of hydrogen-bond donors (Lipinski definition) is 0. The third kappa shape index (κ3) is 8.04. The monoisotopic (exact) mass is 308 g/mol. The van der Waals surface area contributed by atoms with Crippen LogP contribution in [-0.4, -0.2) is 0 Å². The van der Waals surface area contributed by atoms with Gasteiger partial charge in [0.1, 0.15) is 0 Å². The fourth-order valence-electron chi connectivity index (χ4n) is 3.33. The van der Waals surface area contributed by atoms with Gasteiger partial charge in [-0.2, -0.15) is 0 Å². The minimum atomic E-state index is 1.10. The van der Waals surface area contributed by atoms with E-state index in [9.17, 15) is 0 Å². The molecule has 1 aromatic rings. The van der Waals surface area contributed by atoms with E-state index in [2.05, 4.69) is 32.2 Å². The molecule has 1 fully saturated rings. The van der Waals surface area contributed by atoms with Crippen LogP contribution < -0.4 is 0 Å². The highest BCUT2D eigenvalue weighted by atomic mass is 32.1. The zero-order chi connectivity index (χ0) is 15.3. The van der Waals surface area contributed by atoms with Crippen molar-refractivity contribution >= 4 is 11.3 Å². The first-order valence-corrected chi connectivity index (χ1v) is 10.2. The second kappa shape index (κ2) is 12.3. The van der Waals surface area contributed by atoms with Crippen LogP contribution in [0.1, 0.15) is 95.4 Å². The average molecular weight is 309 g/mol. The second-order valence-electron chi connectivity index (χ2n) is 6.43. The van der Waals surface area contributed by atoms with Gasteiger partial charge in [0.2, 0.25) is 0 Å². The summed E-state index contributed by atoms with van der Waals surface area (Å²) in [4.78, 5) is 1.55. The maximum atomic E-state index is 2.30. The Morgan fingerprint density at radius 1 is 0.952 bits per heavy atom. The lowest BCUT2D eigenvalue weighted by Crippen LogP contribution is -1.97. The predicted octanol–water partition coefficient (Wildman–Crippen LogP) is 7.41. The van der Waals surface area contributed by atoms with Crippen molar-refractivity contribution in [2.24, 2.45) is 5.92 Å². The van der Waals surface area contributed by atoms with Gasteiger partial charge in [-0.3, -0.25) is 0 Å². The molecule has 1 heteroatoms. The van der Waals surface area contributed by atoms with Crippen LogP contribution in [0.3, 0.4) is 0 Å². The van der Waals surface area contributed by atoms with Crippen molar-refractivity contribution in [2.75, 3.05) is 0 Å². The van der Waals surface area contributed by atoms with Crippen molar-refractivity contribution in [3.63, 3.8) is 0 Å². The molecule has 0 saturated heterocycles. The molecule has 0 N–H and O–H groups in total. The molecule has 0 bridgehead atoms. The molecule has 0 aromatic carbocycles. The van der Waals surface area contributed by atoms with Crippen molar-refractivity contribution in [3.8, 4) is 0 Å². The number of aryl methyl sites for hydroxylation is 2. The van der Waals surface area contributed by atoms with Crippen molar-refractivity contribution in [2.45, 2.75) is 97.8 Å². The van der Waals surface area contributed by atoms with Crippen LogP contribution in [0.5, 0.6) is 0 Å². The van der Waals surface area contributed by atoms with Gasteiger partial charge in [-0.1, -0.05) is 85.0 Å². The molecule has 0 unspecified atom stereocenters. The van der Waals surface area contributed by atoms with Crippen LogP contribution in [0.4, 0.5) is 0 Å². The van der Waals surface area contributed by atoms with Gasteiger partial charge in [-0.25, -0.2) is 0 Å². The maximum Gasteiger partial charge on any atom is 0.00743 e. The van der Waals surface area contributed by atoms with Crippen LogP contribution in [0, 0.1) is 5.92 Å².